The summed E-state index contributed by atoms with van der Waals surface area (Å²) in [5.74, 6) is 0. The van der Waals surface area contributed by atoms with Crippen LogP contribution in [0.2, 0.25) is 0 Å². The van der Waals surface area contributed by atoms with E-state index in [1.807, 2.05) is 6.92 Å². The van der Waals surface area contributed by atoms with Crippen LogP contribution in [0.1, 0.15) is 33.1 Å². The van der Waals surface area contributed by atoms with E-state index in [-0.39, 0.29) is 6.04 Å². The molecule has 0 amide bonds. The second kappa shape index (κ2) is 9.50. The second-order valence-electron chi connectivity index (χ2n) is 3.18. The number of nitrogens with one attached hydrogen (secondary N) is 1. The van der Waals surface area contributed by atoms with Gasteiger partial charge in [0.2, 0.25) is 0 Å². The van der Waals surface area contributed by atoms with Gasteiger partial charge in [0.1, 0.15) is 0 Å². The number of ether oxygens (including phenoxy) is 1. The first-order valence-corrected chi connectivity index (χ1v) is 4.99. The normalized spacial score (nSPS) is 12.4. The van der Waals surface area contributed by atoms with Crippen LogP contribution in [0.15, 0.2) is 0 Å². The molecule has 0 rings (SSSR count). The molecule has 76 valence electrons. The van der Waals surface area contributed by atoms with Crippen molar-refractivity contribution >= 4 is 0 Å². The van der Waals surface area contributed by atoms with Crippen molar-refractivity contribution in [2.75, 3.05) is 19.8 Å². The predicted octanol–water partition coefficient (Wildman–Crippen LogP) is 1.69. The van der Waals surface area contributed by atoms with Crippen molar-refractivity contribution in [2.45, 2.75) is 39.2 Å². The largest absolute Gasteiger partial charge is 0.380 e. The number of nitriles is 1. The van der Waals surface area contributed by atoms with Gasteiger partial charge in [0.05, 0.1) is 19.1 Å². The minimum absolute atomic E-state index is 0.278. The SMILES string of the molecule is CCCCOCCNC(C)CC#N. The van der Waals surface area contributed by atoms with Crippen LogP contribution in [-0.4, -0.2) is 25.8 Å². The third-order valence-electron chi connectivity index (χ3n) is 1.78. The highest BCUT2D eigenvalue weighted by Crippen LogP contribution is 1.89. The Morgan fingerprint density at radius 2 is 2.23 bits per heavy atom. The highest BCUT2D eigenvalue weighted by Gasteiger charge is 1.97. The van der Waals surface area contributed by atoms with E-state index in [0.29, 0.717) is 6.42 Å². The molecular formula is C10H20N2O. The fraction of sp³-hybridized carbons (Fsp3) is 0.900. The lowest BCUT2D eigenvalue weighted by Gasteiger charge is -2.09. The number of nitrogens with zero attached hydrogens (tertiary/aromatic N) is 1. The van der Waals surface area contributed by atoms with Crippen LogP contribution >= 0.6 is 0 Å². The molecule has 0 radical (unpaired) electrons. The van der Waals surface area contributed by atoms with Gasteiger partial charge < -0.3 is 10.1 Å². The van der Waals surface area contributed by atoms with E-state index in [9.17, 15) is 0 Å². The summed E-state index contributed by atoms with van der Waals surface area (Å²) in [4.78, 5) is 0. The van der Waals surface area contributed by atoms with E-state index in [4.69, 9.17) is 10.00 Å². The fourth-order valence-electron chi connectivity index (χ4n) is 0.935. The maximum atomic E-state index is 8.39. The van der Waals surface area contributed by atoms with Crippen LogP contribution in [0.4, 0.5) is 0 Å². The molecular weight excluding hydrogens is 164 g/mol. The third-order valence-corrected chi connectivity index (χ3v) is 1.78. The summed E-state index contributed by atoms with van der Waals surface area (Å²) in [5.41, 5.74) is 0. The standard InChI is InChI=1S/C10H20N2O/c1-3-4-8-13-9-7-12-10(2)5-6-11/h10,12H,3-5,7-9H2,1-2H3. The molecule has 0 fully saturated rings. The molecule has 0 bridgehead atoms. The van der Waals surface area contributed by atoms with Crippen molar-refractivity contribution in [3.63, 3.8) is 0 Å². The molecule has 0 aliphatic rings. The van der Waals surface area contributed by atoms with Crippen molar-refractivity contribution in [2.24, 2.45) is 0 Å². The summed E-state index contributed by atoms with van der Waals surface area (Å²) < 4.78 is 5.36. The molecule has 1 unspecified atom stereocenters. The molecule has 0 spiro atoms. The van der Waals surface area contributed by atoms with Gasteiger partial charge in [0.25, 0.3) is 0 Å². The Hall–Kier alpha value is -0.590. The van der Waals surface area contributed by atoms with Crippen molar-refractivity contribution in [3.8, 4) is 6.07 Å². The van der Waals surface area contributed by atoms with Crippen molar-refractivity contribution in [3.05, 3.63) is 0 Å². The van der Waals surface area contributed by atoms with Crippen LogP contribution in [0, 0.1) is 11.3 Å². The molecule has 13 heavy (non-hydrogen) atoms. The van der Waals surface area contributed by atoms with Crippen LogP contribution in [0.25, 0.3) is 0 Å². The van der Waals surface area contributed by atoms with Crippen LogP contribution in [-0.2, 0) is 4.74 Å². The topological polar surface area (TPSA) is 45.0 Å². The smallest absolute Gasteiger partial charge is 0.0638 e. The zero-order chi connectivity index (χ0) is 9.94. The van der Waals surface area contributed by atoms with Gasteiger partial charge in [0.15, 0.2) is 0 Å². The van der Waals surface area contributed by atoms with E-state index in [0.717, 1.165) is 26.2 Å². The third kappa shape index (κ3) is 9.32. The van der Waals surface area contributed by atoms with E-state index < -0.39 is 0 Å². The molecule has 0 aromatic carbocycles. The number of rotatable bonds is 8. The summed E-state index contributed by atoms with van der Waals surface area (Å²) in [6.07, 6.45) is 2.88. The van der Waals surface area contributed by atoms with E-state index in [1.165, 1.54) is 6.42 Å². The minimum atomic E-state index is 0.278. The zero-order valence-electron chi connectivity index (χ0n) is 8.68. The number of unbranched alkanes of at least 4 members (excludes halogenated alkanes) is 1. The average Bonchev–Trinajstić information content (AvgIpc) is 2.11. The molecule has 1 N–H and O–H groups in total. The number of hydrogen-bond acceptors (Lipinski definition) is 3. The summed E-state index contributed by atoms with van der Waals surface area (Å²) in [6.45, 7) is 6.60. The predicted molar refractivity (Wildman–Crippen MR) is 53.4 cm³/mol. The van der Waals surface area contributed by atoms with Gasteiger partial charge in [-0.15, -0.1) is 0 Å². The van der Waals surface area contributed by atoms with Crippen LogP contribution in [0.5, 0.6) is 0 Å². The maximum absolute atomic E-state index is 8.39. The van der Waals surface area contributed by atoms with Gasteiger partial charge in [0, 0.05) is 19.2 Å². The first-order chi connectivity index (χ1) is 6.31. The summed E-state index contributed by atoms with van der Waals surface area (Å²) in [7, 11) is 0. The average molecular weight is 184 g/mol. The maximum Gasteiger partial charge on any atom is 0.0638 e. The molecule has 0 aliphatic heterocycles. The van der Waals surface area contributed by atoms with Gasteiger partial charge in [-0.25, -0.2) is 0 Å². The van der Waals surface area contributed by atoms with Crippen molar-refractivity contribution < 1.29 is 4.74 Å². The molecule has 0 aliphatic carbocycles. The summed E-state index contributed by atoms with van der Waals surface area (Å²) >= 11 is 0. The van der Waals surface area contributed by atoms with Crippen molar-refractivity contribution in [1.82, 2.24) is 5.32 Å². The Labute approximate surface area is 81.1 Å². The summed E-state index contributed by atoms with van der Waals surface area (Å²) in [5, 5.41) is 11.6. The van der Waals surface area contributed by atoms with Gasteiger partial charge in [-0.2, -0.15) is 5.26 Å². The van der Waals surface area contributed by atoms with Gasteiger partial charge in [-0.3, -0.25) is 0 Å². The van der Waals surface area contributed by atoms with Crippen LogP contribution in [0.3, 0.4) is 0 Å². The lowest BCUT2D eigenvalue weighted by molar-refractivity contribution is 0.131. The molecule has 0 saturated carbocycles. The Morgan fingerprint density at radius 3 is 2.85 bits per heavy atom. The monoisotopic (exact) mass is 184 g/mol. The number of hydrogen-bond donors (Lipinski definition) is 1. The quantitative estimate of drug-likeness (QED) is 0.584. The first-order valence-electron chi connectivity index (χ1n) is 4.99. The molecule has 0 heterocycles. The molecule has 3 nitrogen and oxygen atoms in total. The molecule has 0 aromatic rings. The van der Waals surface area contributed by atoms with Gasteiger partial charge in [-0.05, 0) is 13.3 Å². The highest BCUT2D eigenvalue weighted by atomic mass is 16.5. The molecule has 1 atom stereocenters. The zero-order valence-corrected chi connectivity index (χ0v) is 8.68. The Balaban J connectivity index is 3.03. The minimum Gasteiger partial charge on any atom is -0.380 e. The van der Waals surface area contributed by atoms with E-state index >= 15 is 0 Å². The van der Waals surface area contributed by atoms with Gasteiger partial charge >= 0.3 is 0 Å². The fourth-order valence-corrected chi connectivity index (χ4v) is 0.935. The van der Waals surface area contributed by atoms with Gasteiger partial charge in [-0.1, -0.05) is 13.3 Å². The molecule has 3 heteroatoms. The van der Waals surface area contributed by atoms with Crippen molar-refractivity contribution in [1.29, 1.82) is 5.26 Å². The second-order valence-corrected chi connectivity index (χ2v) is 3.18. The lowest BCUT2D eigenvalue weighted by Crippen LogP contribution is -2.29. The molecule has 0 aromatic heterocycles. The Bertz CT molecular complexity index is 142. The summed E-state index contributed by atoms with van der Waals surface area (Å²) in [6, 6.07) is 2.40. The van der Waals surface area contributed by atoms with E-state index in [2.05, 4.69) is 18.3 Å². The Morgan fingerprint density at radius 1 is 1.46 bits per heavy atom. The van der Waals surface area contributed by atoms with E-state index in [1.54, 1.807) is 0 Å². The van der Waals surface area contributed by atoms with Crippen LogP contribution < -0.4 is 5.32 Å². The highest BCUT2D eigenvalue weighted by molar-refractivity contribution is 4.76. The first kappa shape index (κ1) is 12.4. The Kier molecular flexibility index (Phi) is 9.07. The lowest BCUT2D eigenvalue weighted by atomic mass is 10.2. The molecule has 0 saturated heterocycles.